The van der Waals surface area contributed by atoms with E-state index in [9.17, 15) is 0 Å². The van der Waals surface area contributed by atoms with E-state index in [4.69, 9.17) is 11.6 Å². The van der Waals surface area contributed by atoms with Crippen LogP contribution in [-0.2, 0) is 13.5 Å². The minimum atomic E-state index is 0.772. The summed E-state index contributed by atoms with van der Waals surface area (Å²) in [6, 6.07) is 6.02. The fraction of sp³-hybridized carbons (Fsp3) is 0.357. The largest absolute Gasteiger partial charge is 0.359 e. The van der Waals surface area contributed by atoms with Gasteiger partial charge in [0.2, 0.25) is 0 Å². The van der Waals surface area contributed by atoms with Crippen LogP contribution in [-0.4, -0.2) is 31.2 Å². The Balaban J connectivity index is 2.13. The predicted molar refractivity (Wildman–Crippen MR) is 82.1 cm³/mol. The molecule has 0 saturated carbocycles. The third kappa shape index (κ3) is 3.01. The number of fused-ring (bicyclic) bond motifs is 1. The highest BCUT2D eigenvalue weighted by Gasteiger charge is 2.07. The SMILES string of the molecule is CN=C(NC)NCCc1cn(C)c2cc(Cl)ccc12. The molecule has 1 aromatic heterocycles. The highest BCUT2D eigenvalue weighted by Crippen LogP contribution is 2.24. The Labute approximate surface area is 118 Å². The highest BCUT2D eigenvalue weighted by atomic mass is 35.5. The summed E-state index contributed by atoms with van der Waals surface area (Å²) in [6.07, 6.45) is 3.10. The van der Waals surface area contributed by atoms with Crippen LogP contribution in [0.25, 0.3) is 10.9 Å². The molecule has 0 radical (unpaired) electrons. The Morgan fingerprint density at radius 2 is 2.21 bits per heavy atom. The minimum absolute atomic E-state index is 0.772. The van der Waals surface area contributed by atoms with E-state index in [-0.39, 0.29) is 0 Å². The van der Waals surface area contributed by atoms with Gasteiger partial charge in [0, 0.05) is 49.8 Å². The maximum Gasteiger partial charge on any atom is 0.190 e. The molecule has 4 nitrogen and oxygen atoms in total. The molecule has 1 heterocycles. The van der Waals surface area contributed by atoms with E-state index in [0.29, 0.717) is 0 Å². The molecule has 0 bridgehead atoms. The summed E-state index contributed by atoms with van der Waals surface area (Å²) in [4.78, 5) is 4.09. The molecule has 0 aliphatic carbocycles. The molecule has 19 heavy (non-hydrogen) atoms. The summed E-state index contributed by atoms with van der Waals surface area (Å²) in [6.45, 7) is 0.843. The normalized spacial score (nSPS) is 11.9. The van der Waals surface area contributed by atoms with Crippen molar-refractivity contribution in [2.45, 2.75) is 6.42 Å². The molecule has 0 fully saturated rings. The van der Waals surface area contributed by atoms with Gasteiger partial charge in [-0.15, -0.1) is 0 Å². The first-order valence-electron chi connectivity index (χ1n) is 6.27. The minimum Gasteiger partial charge on any atom is -0.359 e. The molecule has 0 atom stereocenters. The van der Waals surface area contributed by atoms with Crippen molar-refractivity contribution in [1.82, 2.24) is 15.2 Å². The monoisotopic (exact) mass is 278 g/mol. The van der Waals surface area contributed by atoms with E-state index >= 15 is 0 Å². The standard InChI is InChI=1S/C14H19ClN4/c1-16-14(17-2)18-7-6-10-9-19(3)13-8-11(15)4-5-12(10)13/h4-5,8-9H,6-7H2,1-3H3,(H2,16,17,18). The van der Waals surface area contributed by atoms with E-state index in [1.165, 1.54) is 16.5 Å². The molecule has 0 aliphatic rings. The van der Waals surface area contributed by atoms with Gasteiger partial charge < -0.3 is 15.2 Å². The number of rotatable bonds is 3. The third-order valence-electron chi connectivity index (χ3n) is 3.18. The number of hydrogen-bond donors (Lipinski definition) is 2. The van der Waals surface area contributed by atoms with Gasteiger partial charge in [-0.2, -0.15) is 0 Å². The number of aromatic nitrogens is 1. The maximum atomic E-state index is 6.03. The van der Waals surface area contributed by atoms with Gasteiger partial charge in [0.25, 0.3) is 0 Å². The highest BCUT2D eigenvalue weighted by molar-refractivity contribution is 6.31. The lowest BCUT2D eigenvalue weighted by molar-refractivity contribution is 0.832. The molecule has 0 unspecified atom stereocenters. The van der Waals surface area contributed by atoms with Crippen LogP contribution in [0.15, 0.2) is 29.4 Å². The number of nitrogens with zero attached hydrogens (tertiary/aromatic N) is 2. The number of guanidine groups is 1. The Morgan fingerprint density at radius 3 is 2.89 bits per heavy atom. The van der Waals surface area contributed by atoms with E-state index in [1.807, 2.05) is 26.2 Å². The third-order valence-corrected chi connectivity index (χ3v) is 3.42. The average molecular weight is 279 g/mol. The van der Waals surface area contributed by atoms with Gasteiger partial charge >= 0.3 is 0 Å². The Hall–Kier alpha value is -1.68. The van der Waals surface area contributed by atoms with E-state index in [2.05, 4.69) is 32.5 Å². The van der Waals surface area contributed by atoms with Crippen molar-refractivity contribution >= 4 is 28.5 Å². The Bertz CT molecular complexity index is 601. The van der Waals surface area contributed by atoms with E-state index < -0.39 is 0 Å². The van der Waals surface area contributed by atoms with Gasteiger partial charge in [-0.25, -0.2) is 0 Å². The van der Waals surface area contributed by atoms with Crippen molar-refractivity contribution in [3.05, 3.63) is 35.0 Å². The van der Waals surface area contributed by atoms with Gasteiger partial charge in [-0.3, -0.25) is 4.99 Å². The van der Waals surface area contributed by atoms with Gasteiger partial charge in [0.05, 0.1) is 0 Å². The smallest absolute Gasteiger partial charge is 0.190 e. The predicted octanol–water partition coefficient (Wildman–Crippen LogP) is 2.17. The number of aryl methyl sites for hydroxylation is 1. The molecule has 2 N–H and O–H groups in total. The van der Waals surface area contributed by atoms with Gasteiger partial charge in [-0.1, -0.05) is 17.7 Å². The summed E-state index contributed by atoms with van der Waals surface area (Å²) in [5.41, 5.74) is 2.48. The molecule has 2 rings (SSSR count). The topological polar surface area (TPSA) is 41.4 Å². The first kappa shape index (κ1) is 13.7. The Morgan fingerprint density at radius 1 is 1.42 bits per heavy atom. The zero-order valence-corrected chi connectivity index (χ0v) is 12.3. The average Bonchev–Trinajstić information content (AvgIpc) is 2.71. The maximum absolute atomic E-state index is 6.03. The lowest BCUT2D eigenvalue weighted by Crippen LogP contribution is -2.35. The number of aliphatic imine (C=N–C) groups is 1. The lowest BCUT2D eigenvalue weighted by atomic mass is 10.1. The molecule has 0 aliphatic heterocycles. The number of nitrogens with one attached hydrogen (secondary N) is 2. The van der Waals surface area contributed by atoms with Gasteiger partial charge in [-0.05, 0) is 24.1 Å². The first-order valence-corrected chi connectivity index (χ1v) is 6.65. The number of benzene rings is 1. The molecule has 1 aromatic carbocycles. The summed E-state index contributed by atoms with van der Waals surface area (Å²) < 4.78 is 2.11. The van der Waals surface area contributed by atoms with Gasteiger partial charge in [0.15, 0.2) is 5.96 Å². The van der Waals surface area contributed by atoms with Crippen molar-refractivity contribution in [3.63, 3.8) is 0 Å². The molecule has 2 aromatic rings. The fourth-order valence-electron chi connectivity index (χ4n) is 2.24. The summed E-state index contributed by atoms with van der Waals surface area (Å²) in [5, 5.41) is 8.29. The van der Waals surface area contributed by atoms with Crippen molar-refractivity contribution in [2.75, 3.05) is 20.6 Å². The molecule has 0 spiro atoms. The first-order chi connectivity index (χ1) is 9.15. The second-order valence-corrected chi connectivity index (χ2v) is 4.86. The summed E-state index contributed by atoms with van der Waals surface area (Å²) >= 11 is 6.03. The molecular formula is C14H19ClN4. The van der Waals surface area contributed by atoms with Crippen LogP contribution in [0.2, 0.25) is 5.02 Å². The fourth-order valence-corrected chi connectivity index (χ4v) is 2.40. The van der Waals surface area contributed by atoms with E-state index in [1.54, 1.807) is 7.05 Å². The second-order valence-electron chi connectivity index (χ2n) is 4.43. The van der Waals surface area contributed by atoms with Crippen LogP contribution in [0.3, 0.4) is 0 Å². The van der Waals surface area contributed by atoms with Crippen LogP contribution >= 0.6 is 11.6 Å². The van der Waals surface area contributed by atoms with Gasteiger partial charge in [0.1, 0.15) is 0 Å². The lowest BCUT2D eigenvalue weighted by Gasteiger charge is -2.07. The van der Waals surface area contributed by atoms with Crippen molar-refractivity contribution in [3.8, 4) is 0 Å². The number of hydrogen-bond acceptors (Lipinski definition) is 1. The van der Waals surface area contributed by atoms with Crippen LogP contribution in [0.5, 0.6) is 0 Å². The Kier molecular flexibility index (Phi) is 4.32. The summed E-state index contributed by atoms with van der Waals surface area (Å²) in [7, 11) is 5.66. The molecule has 0 amide bonds. The van der Waals surface area contributed by atoms with E-state index in [0.717, 1.165) is 23.9 Å². The quantitative estimate of drug-likeness (QED) is 0.667. The molecule has 102 valence electrons. The van der Waals surface area contributed by atoms with Crippen molar-refractivity contribution < 1.29 is 0 Å². The van der Waals surface area contributed by atoms with Crippen LogP contribution in [0, 0.1) is 0 Å². The molecular weight excluding hydrogens is 260 g/mol. The van der Waals surface area contributed by atoms with Crippen LogP contribution in [0.1, 0.15) is 5.56 Å². The van der Waals surface area contributed by atoms with Crippen LogP contribution < -0.4 is 10.6 Å². The molecule has 5 heteroatoms. The van der Waals surface area contributed by atoms with Crippen LogP contribution in [0.4, 0.5) is 0 Å². The van der Waals surface area contributed by atoms with Crippen molar-refractivity contribution in [2.24, 2.45) is 12.0 Å². The van der Waals surface area contributed by atoms with Crippen molar-refractivity contribution in [1.29, 1.82) is 0 Å². The molecule has 0 saturated heterocycles. The zero-order valence-electron chi connectivity index (χ0n) is 11.5. The summed E-state index contributed by atoms with van der Waals surface area (Å²) in [5.74, 6) is 0.809. The number of halogens is 1. The second kappa shape index (κ2) is 5.97. The zero-order chi connectivity index (χ0) is 13.8.